The standard InChI is InChI=1S/C19H17Cl3N4O2S/c1-2-26-18(23-17(27)10-28-16-8-7-13(20)9-15(16)22)24-25-19(26)29-11-12-5-3-4-6-14(12)21/h3-9H,2,10-11H2,1H3,(H,23,24,27). The van der Waals surface area contributed by atoms with E-state index in [1.54, 1.807) is 18.2 Å². The van der Waals surface area contributed by atoms with Crippen molar-refractivity contribution in [3.05, 3.63) is 63.1 Å². The number of aromatic nitrogens is 3. The molecule has 3 aromatic rings. The summed E-state index contributed by atoms with van der Waals surface area (Å²) in [7, 11) is 0. The molecular weight excluding hydrogens is 455 g/mol. The zero-order valence-corrected chi connectivity index (χ0v) is 18.4. The molecule has 1 aromatic heterocycles. The van der Waals surface area contributed by atoms with Gasteiger partial charge in [-0.1, -0.05) is 64.8 Å². The number of nitrogens with zero attached hydrogens (tertiary/aromatic N) is 3. The minimum absolute atomic E-state index is 0.222. The van der Waals surface area contributed by atoms with Crippen molar-refractivity contribution < 1.29 is 9.53 Å². The van der Waals surface area contributed by atoms with E-state index >= 15 is 0 Å². The van der Waals surface area contributed by atoms with Gasteiger partial charge in [0.2, 0.25) is 5.95 Å². The molecule has 3 rings (SSSR count). The molecular formula is C19H17Cl3N4O2S. The predicted octanol–water partition coefficient (Wildman–Crippen LogP) is 5.57. The molecule has 0 saturated heterocycles. The summed E-state index contributed by atoms with van der Waals surface area (Å²) in [4.78, 5) is 12.3. The molecule has 1 N–H and O–H groups in total. The van der Waals surface area contributed by atoms with E-state index in [2.05, 4.69) is 15.5 Å². The Labute approximate surface area is 187 Å². The monoisotopic (exact) mass is 470 g/mol. The van der Waals surface area contributed by atoms with E-state index in [0.29, 0.717) is 44.2 Å². The first-order chi connectivity index (χ1) is 14.0. The highest BCUT2D eigenvalue weighted by Gasteiger charge is 2.15. The third kappa shape index (κ3) is 5.79. The molecule has 0 aliphatic rings. The second-order valence-corrected chi connectivity index (χ2v) is 8.04. The quantitative estimate of drug-likeness (QED) is 0.435. The van der Waals surface area contributed by atoms with Gasteiger partial charge in [0.15, 0.2) is 11.8 Å². The number of ether oxygens (including phenoxy) is 1. The molecule has 6 nitrogen and oxygen atoms in total. The highest BCUT2D eigenvalue weighted by atomic mass is 35.5. The lowest BCUT2D eigenvalue weighted by molar-refractivity contribution is -0.118. The molecule has 0 unspecified atom stereocenters. The van der Waals surface area contributed by atoms with Crippen LogP contribution >= 0.6 is 46.6 Å². The van der Waals surface area contributed by atoms with Crippen LogP contribution in [0.3, 0.4) is 0 Å². The van der Waals surface area contributed by atoms with E-state index in [1.165, 1.54) is 11.8 Å². The summed E-state index contributed by atoms with van der Waals surface area (Å²) in [6, 6.07) is 12.4. The number of hydrogen-bond acceptors (Lipinski definition) is 5. The number of rotatable bonds is 8. The van der Waals surface area contributed by atoms with Crippen LogP contribution < -0.4 is 10.1 Å². The van der Waals surface area contributed by atoms with Gasteiger partial charge in [-0.05, 0) is 36.8 Å². The van der Waals surface area contributed by atoms with Crippen molar-refractivity contribution in [2.75, 3.05) is 11.9 Å². The third-order valence-electron chi connectivity index (χ3n) is 3.85. The SMILES string of the molecule is CCn1c(NC(=O)COc2ccc(Cl)cc2Cl)nnc1SCc1ccccc1Cl. The first-order valence-corrected chi connectivity index (χ1v) is 10.8. The number of thioether (sulfide) groups is 1. The first kappa shape index (κ1) is 21.8. The lowest BCUT2D eigenvalue weighted by atomic mass is 10.2. The summed E-state index contributed by atoms with van der Waals surface area (Å²) in [5.41, 5.74) is 1.00. The molecule has 0 bridgehead atoms. The summed E-state index contributed by atoms with van der Waals surface area (Å²) in [6.07, 6.45) is 0. The Morgan fingerprint density at radius 1 is 1.14 bits per heavy atom. The summed E-state index contributed by atoms with van der Waals surface area (Å²) in [5.74, 6) is 0.995. The second-order valence-electron chi connectivity index (χ2n) is 5.84. The number of amides is 1. The van der Waals surface area contributed by atoms with Gasteiger partial charge in [0.25, 0.3) is 5.91 Å². The highest BCUT2D eigenvalue weighted by molar-refractivity contribution is 7.98. The number of halogens is 3. The number of anilines is 1. The largest absolute Gasteiger partial charge is 0.482 e. The second kappa shape index (κ2) is 10.2. The Bertz CT molecular complexity index is 1010. The molecule has 0 spiro atoms. The lowest BCUT2D eigenvalue weighted by Crippen LogP contribution is -2.22. The van der Waals surface area contributed by atoms with Gasteiger partial charge in [-0.2, -0.15) is 0 Å². The van der Waals surface area contributed by atoms with Crippen molar-refractivity contribution >= 4 is 58.4 Å². The van der Waals surface area contributed by atoms with E-state index in [-0.39, 0.29) is 12.5 Å². The van der Waals surface area contributed by atoms with Gasteiger partial charge in [-0.15, -0.1) is 10.2 Å². The van der Waals surface area contributed by atoms with Crippen LogP contribution in [0.4, 0.5) is 5.95 Å². The molecule has 0 saturated carbocycles. The molecule has 0 atom stereocenters. The molecule has 0 radical (unpaired) electrons. The molecule has 0 fully saturated rings. The van der Waals surface area contributed by atoms with Crippen LogP contribution in [0.2, 0.25) is 15.1 Å². The average molecular weight is 472 g/mol. The molecule has 1 heterocycles. The lowest BCUT2D eigenvalue weighted by Gasteiger charge is -2.10. The maximum Gasteiger partial charge on any atom is 0.264 e. The van der Waals surface area contributed by atoms with Crippen LogP contribution in [0.1, 0.15) is 12.5 Å². The van der Waals surface area contributed by atoms with Crippen LogP contribution in [0.25, 0.3) is 0 Å². The highest BCUT2D eigenvalue weighted by Crippen LogP contribution is 2.28. The minimum Gasteiger partial charge on any atom is -0.482 e. The number of hydrogen-bond donors (Lipinski definition) is 1. The molecule has 1 amide bonds. The first-order valence-electron chi connectivity index (χ1n) is 8.65. The van der Waals surface area contributed by atoms with Gasteiger partial charge < -0.3 is 4.74 Å². The maximum atomic E-state index is 12.3. The number of nitrogens with one attached hydrogen (secondary N) is 1. The molecule has 2 aromatic carbocycles. The fourth-order valence-corrected chi connectivity index (χ4v) is 4.18. The summed E-state index contributed by atoms with van der Waals surface area (Å²) in [6.45, 7) is 2.32. The van der Waals surface area contributed by atoms with E-state index in [1.807, 2.05) is 35.8 Å². The normalized spacial score (nSPS) is 10.8. The zero-order valence-electron chi connectivity index (χ0n) is 15.4. The summed E-state index contributed by atoms with van der Waals surface area (Å²) < 4.78 is 7.26. The topological polar surface area (TPSA) is 69.0 Å². The van der Waals surface area contributed by atoms with Gasteiger partial charge in [-0.25, -0.2) is 0 Å². The number of benzene rings is 2. The van der Waals surface area contributed by atoms with Crippen molar-refractivity contribution in [2.45, 2.75) is 24.4 Å². The van der Waals surface area contributed by atoms with E-state index < -0.39 is 0 Å². The fraction of sp³-hybridized carbons (Fsp3) is 0.211. The molecule has 29 heavy (non-hydrogen) atoms. The van der Waals surface area contributed by atoms with Gasteiger partial charge in [-0.3, -0.25) is 14.7 Å². The smallest absolute Gasteiger partial charge is 0.264 e. The summed E-state index contributed by atoms with van der Waals surface area (Å²) >= 11 is 19.6. The van der Waals surface area contributed by atoms with Crippen LogP contribution in [0.5, 0.6) is 5.75 Å². The van der Waals surface area contributed by atoms with E-state index in [0.717, 1.165) is 5.56 Å². The number of carbonyl (C=O) groups is 1. The Morgan fingerprint density at radius 3 is 2.66 bits per heavy atom. The van der Waals surface area contributed by atoms with Crippen molar-refractivity contribution in [3.63, 3.8) is 0 Å². The van der Waals surface area contributed by atoms with Gasteiger partial charge in [0.05, 0.1) is 5.02 Å². The fourth-order valence-electron chi connectivity index (χ4n) is 2.43. The Morgan fingerprint density at radius 2 is 1.93 bits per heavy atom. The van der Waals surface area contributed by atoms with Crippen LogP contribution in [-0.2, 0) is 17.1 Å². The van der Waals surface area contributed by atoms with Crippen molar-refractivity contribution in [3.8, 4) is 5.75 Å². The third-order valence-corrected chi connectivity index (χ3v) is 5.77. The molecule has 0 aliphatic carbocycles. The maximum absolute atomic E-state index is 12.3. The van der Waals surface area contributed by atoms with Crippen LogP contribution in [0, 0.1) is 0 Å². The van der Waals surface area contributed by atoms with Crippen LogP contribution in [0.15, 0.2) is 47.6 Å². The molecule has 10 heteroatoms. The van der Waals surface area contributed by atoms with E-state index in [4.69, 9.17) is 39.5 Å². The Kier molecular flexibility index (Phi) is 7.66. The van der Waals surface area contributed by atoms with E-state index in [9.17, 15) is 4.79 Å². The van der Waals surface area contributed by atoms with Crippen LogP contribution in [-0.4, -0.2) is 27.3 Å². The van der Waals surface area contributed by atoms with Crippen molar-refractivity contribution in [2.24, 2.45) is 0 Å². The average Bonchev–Trinajstić information content (AvgIpc) is 3.08. The Hall–Kier alpha value is -1.93. The minimum atomic E-state index is -0.374. The number of carbonyl (C=O) groups excluding carboxylic acids is 1. The Balaban J connectivity index is 1.60. The predicted molar refractivity (Wildman–Crippen MR) is 117 cm³/mol. The zero-order chi connectivity index (χ0) is 20.8. The van der Waals surface area contributed by atoms with Crippen molar-refractivity contribution in [1.82, 2.24) is 14.8 Å². The van der Waals surface area contributed by atoms with Crippen molar-refractivity contribution in [1.29, 1.82) is 0 Å². The summed E-state index contributed by atoms with van der Waals surface area (Å²) in [5, 5.41) is 13.2. The molecule has 0 aliphatic heterocycles. The van der Waals surface area contributed by atoms with Gasteiger partial charge in [0, 0.05) is 22.3 Å². The molecule has 152 valence electrons. The van der Waals surface area contributed by atoms with Gasteiger partial charge in [0.1, 0.15) is 5.75 Å². The van der Waals surface area contributed by atoms with Gasteiger partial charge >= 0.3 is 0 Å².